The Morgan fingerprint density at radius 3 is 2.35 bits per heavy atom. The van der Waals surface area contributed by atoms with Gasteiger partial charge in [0.1, 0.15) is 5.54 Å². The van der Waals surface area contributed by atoms with Crippen molar-refractivity contribution < 1.29 is 14.3 Å². The van der Waals surface area contributed by atoms with Crippen molar-refractivity contribution in [2.45, 2.75) is 63.6 Å². The minimum absolute atomic E-state index is 0.211. The molecule has 0 aromatic heterocycles. The molecule has 1 aliphatic carbocycles. The van der Waals surface area contributed by atoms with Crippen LogP contribution >= 0.6 is 0 Å². The molecule has 100 valence electrons. The summed E-state index contributed by atoms with van der Waals surface area (Å²) in [5, 5.41) is 3.43. The van der Waals surface area contributed by atoms with Gasteiger partial charge in [0.05, 0.1) is 13.2 Å². The van der Waals surface area contributed by atoms with E-state index in [-0.39, 0.29) is 12.1 Å². The first-order valence-electron chi connectivity index (χ1n) is 6.43. The zero-order chi connectivity index (χ0) is 12.9. The van der Waals surface area contributed by atoms with Crippen molar-refractivity contribution >= 4 is 5.97 Å². The van der Waals surface area contributed by atoms with E-state index in [1.165, 1.54) is 26.4 Å². The molecule has 0 aromatic carbocycles. The van der Waals surface area contributed by atoms with Gasteiger partial charge >= 0.3 is 5.97 Å². The number of hydrogen-bond donors (Lipinski definition) is 1. The van der Waals surface area contributed by atoms with Crippen LogP contribution in [0.15, 0.2) is 0 Å². The molecule has 17 heavy (non-hydrogen) atoms. The van der Waals surface area contributed by atoms with Gasteiger partial charge in [-0.25, -0.2) is 4.79 Å². The number of carbonyl (C=O) groups excluding carboxylic acids is 1. The van der Waals surface area contributed by atoms with Crippen molar-refractivity contribution in [1.29, 1.82) is 0 Å². The highest BCUT2D eigenvalue weighted by atomic mass is 16.5. The minimum atomic E-state index is -0.758. The highest BCUT2D eigenvalue weighted by molar-refractivity contribution is 5.81. The van der Waals surface area contributed by atoms with E-state index in [0.29, 0.717) is 6.04 Å². The molecule has 2 atom stereocenters. The van der Waals surface area contributed by atoms with Gasteiger partial charge in [-0.2, -0.15) is 0 Å². The summed E-state index contributed by atoms with van der Waals surface area (Å²) in [6.07, 6.45) is 5.81. The van der Waals surface area contributed by atoms with Gasteiger partial charge in [-0.05, 0) is 26.7 Å². The second kappa shape index (κ2) is 6.36. The molecule has 0 saturated heterocycles. The van der Waals surface area contributed by atoms with Crippen LogP contribution in [-0.2, 0) is 14.3 Å². The van der Waals surface area contributed by atoms with E-state index >= 15 is 0 Å². The first-order valence-corrected chi connectivity index (χ1v) is 6.43. The van der Waals surface area contributed by atoms with E-state index in [1.54, 1.807) is 7.11 Å². The maximum Gasteiger partial charge on any atom is 0.328 e. The van der Waals surface area contributed by atoms with Crippen molar-refractivity contribution in [2.75, 3.05) is 14.2 Å². The molecule has 1 N–H and O–H groups in total. The van der Waals surface area contributed by atoms with Crippen LogP contribution in [0.2, 0.25) is 0 Å². The molecule has 2 unspecified atom stereocenters. The summed E-state index contributed by atoms with van der Waals surface area (Å²) in [5.74, 6) is -0.252. The Labute approximate surface area is 104 Å². The lowest BCUT2D eigenvalue weighted by Gasteiger charge is -2.37. The number of nitrogens with one attached hydrogen (secondary N) is 1. The summed E-state index contributed by atoms with van der Waals surface area (Å²) in [6.45, 7) is 3.76. The molecule has 0 aromatic rings. The summed E-state index contributed by atoms with van der Waals surface area (Å²) < 4.78 is 10.2. The van der Waals surface area contributed by atoms with Crippen LogP contribution < -0.4 is 5.32 Å². The highest BCUT2D eigenvalue weighted by Gasteiger charge is 2.42. The lowest BCUT2D eigenvalue weighted by Crippen LogP contribution is -2.61. The number of esters is 1. The van der Waals surface area contributed by atoms with Crippen molar-refractivity contribution in [1.82, 2.24) is 5.32 Å². The summed E-state index contributed by atoms with van der Waals surface area (Å²) >= 11 is 0. The Kier molecular flexibility index (Phi) is 5.40. The molecule has 1 rings (SSSR count). The Morgan fingerprint density at radius 1 is 1.29 bits per heavy atom. The van der Waals surface area contributed by atoms with Crippen LogP contribution in [-0.4, -0.2) is 37.9 Å². The van der Waals surface area contributed by atoms with Crippen molar-refractivity contribution in [3.8, 4) is 0 Å². The summed E-state index contributed by atoms with van der Waals surface area (Å²) in [7, 11) is 3.04. The Bertz CT molecular complexity index is 251. The molecule has 0 aliphatic heterocycles. The first kappa shape index (κ1) is 14.5. The van der Waals surface area contributed by atoms with Crippen LogP contribution in [0.3, 0.4) is 0 Å². The zero-order valence-electron chi connectivity index (χ0n) is 11.4. The van der Waals surface area contributed by atoms with Crippen molar-refractivity contribution in [2.24, 2.45) is 0 Å². The Hall–Kier alpha value is -0.610. The Morgan fingerprint density at radius 2 is 1.88 bits per heavy atom. The predicted octanol–water partition coefficient (Wildman–Crippen LogP) is 1.88. The quantitative estimate of drug-likeness (QED) is 0.749. The third-order valence-corrected chi connectivity index (χ3v) is 3.89. The van der Waals surface area contributed by atoms with Crippen LogP contribution in [0.25, 0.3) is 0 Å². The third-order valence-electron chi connectivity index (χ3n) is 3.89. The summed E-state index contributed by atoms with van der Waals surface area (Å²) in [4.78, 5) is 11.9. The van der Waals surface area contributed by atoms with Gasteiger partial charge < -0.3 is 9.47 Å². The van der Waals surface area contributed by atoms with Gasteiger partial charge in [-0.3, -0.25) is 5.32 Å². The van der Waals surface area contributed by atoms with E-state index < -0.39 is 5.54 Å². The molecule has 0 amide bonds. The van der Waals surface area contributed by atoms with Crippen LogP contribution in [0.4, 0.5) is 0 Å². The average Bonchev–Trinajstić information content (AvgIpc) is 2.37. The molecule has 0 bridgehead atoms. The molecular weight excluding hydrogens is 218 g/mol. The normalized spacial score (nSPS) is 22.8. The van der Waals surface area contributed by atoms with Gasteiger partial charge in [-0.1, -0.05) is 19.3 Å². The third kappa shape index (κ3) is 3.42. The predicted molar refractivity (Wildman–Crippen MR) is 66.9 cm³/mol. The van der Waals surface area contributed by atoms with E-state index in [4.69, 9.17) is 9.47 Å². The highest BCUT2D eigenvalue weighted by Crippen LogP contribution is 2.23. The minimum Gasteiger partial charge on any atom is -0.468 e. The van der Waals surface area contributed by atoms with Gasteiger partial charge in [-0.15, -0.1) is 0 Å². The van der Waals surface area contributed by atoms with Gasteiger partial charge in [0.25, 0.3) is 0 Å². The molecule has 4 heteroatoms. The van der Waals surface area contributed by atoms with Crippen molar-refractivity contribution in [3.05, 3.63) is 0 Å². The zero-order valence-corrected chi connectivity index (χ0v) is 11.4. The van der Waals surface area contributed by atoms with Crippen LogP contribution in [0.5, 0.6) is 0 Å². The van der Waals surface area contributed by atoms with E-state index in [9.17, 15) is 4.79 Å². The monoisotopic (exact) mass is 243 g/mol. The maximum absolute atomic E-state index is 11.9. The molecule has 1 fully saturated rings. The second-order valence-corrected chi connectivity index (χ2v) is 5.05. The maximum atomic E-state index is 11.9. The van der Waals surface area contributed by atoms with Crippen molar-refractivity contribution in [3.63, 3.8) is 0 Å². The molecule has 0 heterocycles. The van der Waals surface area contributed by atoms with Crippen LogP contribution in [0, 0.1) is 0 Å². The van der Waals surface area contributed by atoms with E-state index in [1.807, 2.05) is 13.8 Å². The number of ether oxygens (including phenoxy) is 2. The van der Waals surface area contributed by atoms with Gasteiger partial charge in [0, 0.05) is 13.2 Å². The molecule has 1 saturated carbocycles. The molecule has 1 aliphatic rings. The molecule has 0 spiro atoms. The first-order chi connectivity index (χ1) is 8.04. The largest absolute Gasteiger partial charge is 0.468 e. The topological polar surface area (TPSA) is 47.6 Å². The number of hydrogen-bond acceptors (Lipinski definition) is 4. The lowest BCUT2D eigenvalue weighted by atomic mass is 9.89. The fourth-order valence-corrected chi connectivity index (χ4v) is 2.46. The summed E-state index contributed by atoms with van der Waals surface area (Å²) in [6, 6.07) is 0.394. The number of carbonyl (C=O) groups is 1. The fraction of sp³-hybridized carbons (Fsp3) is 0.923. The lowest BCUT2D eigenvalue weighted by molar-refractivity contribution is -0.154. The average molecular weight is 243 g/mol. The smallest absolute Gasteiger partial charge is 0.328 e. The second-order valence-electron chi connectivity index (χ2n) is 5.05. The van der Waals surface area contributed by atoms with Gasteiger partial charge in [0.2, 0.25) is 0 Å². The van der Waals surface area contributed by atoms with E-state index in [0.717, 1.165) is 12.8 Å². The fourth-order valence-electron chi connectivity index (χ4n) is 2.46. The number of rotatable bonds is 5. The summed E-state index contributed by atoms with van der Waals surface area (Å²) in [5.41, 5.74) is -0.758. The molecular formula is C13H25NO3. The standard InChI is InChI=1S/C13H25NO3/c1-10(16-3)13(2,12(15)17-4)14-11-8-6-5-7-9-11/h10-11,14H,5-9H2,1-4H3. The molecule has 0 radical (unpaired) electrons. The Balaban J connectivity index is 2.71. The van der Waals surface area contributed by atoms with Gasteiger partial charge in [0.15, 0.2) is 0 Å². The number of methoxy groups -OCH3 is 2. The molecule has 4 nitrogen and oxygen atoms in total. The van der Waals surface area contributed by atoms with Crippen LogP contribution in [0.1, 0.15) is 46.0 Å². The SMILES string of the molecule is COC(=O)C(C)(NC1CCCCC1)C(C)OC. The van der Waals surface area contributed by atoms with E-state index in [2.05, 4.69) is 5.32 Å².